The van der Waals surface area contributed by atoms with Gasteiger partial charge in [0.05, 0.1) is 18.3 Å². The molecule has 3 amide bonds. The minimum atomic E-state index is -1.23. The number of likely N-dealkylation sites (tertiary alicyclic amines) is 1. The van der Waals surface area contributed by atoms with Gasteiger partial charge in [-0.3, -0.25) is 19.6 Å². The lowest BCUT2D eigenvalue weighted by molar-refractivity contribution is -0.135. The summed E-state index contributed by atoms with van der Waals surface area (Å²) < 4.78 is 32.9. The van der Waals surface area contributed by atoms with Gasteiger partial charge in [0.2, 0.25) is 0 Å². The number of benzene rings is 1. The first-order valence-electron chi connectivity index (χ1n) is 11.8. The molecule has 5 rings (SSSR count). The van der Waals surface area contributed by atoms with E-state index in [1.807, 2.05) is 6.07 Å². The van der Waals surface area contributed by atoms with Crippen LogP contribution in [0, 0.1) is 17.6 Å². The second kappa shape index (κ2) is 9.38. The topological polar surface area (TPSA) is 74.8 Å². The molecular weight excluding hydrogens is 442 g/mol. The van der Waals surface area contributed by atoms with E-state index in [1.165, 1.54) is 17.0 Å². The molecule has 180 valence electrons. The van der Waals surface area contributed by atoms with Crippen molar-refractivity contribution in [2.75, 3.05) is 26.2 Å². The van der Waals surface area contributed by atoms with Crippen LogP contribution in [0.5, 0.6) is 0 Å². The standard InChI is InChI=1S/C25H28F2N4O3/c26-19-12-17(13-20(27)14-19)15-30-9-6-18(7-10-30)25(22-5-1-2-8-28-22)23(32)31(24(33)29-25)16-21-4-3-11-34-21/h1-2,5,8,12-14,18,21H,3-4,6-7,9-11,15-16H2,(H,29,33). The molecule has 0 bridgehead atoms. The van der Waals surface area contributed by atoms with Crippen LogP contribution in [0.2, 0.25) is 0 Å². The number of hydrogen-bond acceptors (Lipinski definition) is 5. The maximum absolute atomic E-state index is 13.8. The number of carbonyl (C=O) groups excluding carboxylic acids is 2. The fourth-order valence-corrected chi connectivity index (χ4v) is 5.49. The Morgan fingerprint density at radius 1 is 1.09 bits per heavy atom. The highest BCUT2D eigenvalue weighted by molar-refractivity contribution is 6.07. The van der Waals surface area contributed by atoms with Gasteiger partial charge in [-0.05, 0) is 74.5 Å². The third-order valence-corrected chi connectivity index (χ3v) is 7.14. The molecule has 0 radical (unpaired) electrons. The number of urea groups is 1. The fraction of sp³-hybridized carbons (Fsp3) is 0.480. The number of halogens is 2. The van der Waals surface area contributed by atoms with E-state index in [0.717, 1.165) is 18.9 Å². The molecule has 3 saturated heterocycles. The van der Waals surface area contributed by atoms with E-state index in [9.17, 15) is 18.4 Å². The third kappa shape index (κ3) is 4.30. The van der Waals surface area contributed by atoms with E-state index in [4.69, 9.17) is 4.74 Å². The summed E-state index contributed by atoms with van der Waals surface area (Å²) in [4.78, 5) is 34.7. The third-order valence-electron chi connectivity index (χ3n) is 7.14. The summed E-state index contributed by atoms with van der Waals surface area (Å²) in [7, 11) is 0. The lowest BCUT2D eigenvalue weighted by atomic mass is 9.75. The molecule has 0 saturated carbocycles. The number of amides is 3. The van der Waals surface area contributed by atoms with Gasteiger partial charge in [-0.25, -0.2) is 13.6 Å². The molecule has 3 fully saturated rings. The van der Waals surface area contributed by atoms with Crippen molar-refractivity contribution in [1.29, 1.82) is 0 Å². The quantitative estimate of drug-likeness (QED) is 0.657. The first-order chi connectivity index (χ1) is 16.5. The van der Waals surface area contributed by atoms with Gasteiger partial charge in [0.1, 0.15) is 11.6 Å². The minimum Gasteiger partial charge on any atom is -0.376 e. The molecule has 34 heavy (non-hydrogen) atoms. The summed E-state index contributed by atoms with van der Waals surface area (Å²) >= 11 is 0. The SMILES string of the molecule is O=C1NC(c2ccccn2)(C2CCN(Cc3cc(F)cc(F)c3)CC2)C(=O)N1CC1CCCO1. The van der Waals surface area contributed by atoms with Crippen LogP contribution in [-0.4, -0.2) is 59.1 Å². The Hall–Kier alpha value is -2.91. The molecule has 7 nitrogen and oxygen atoms in total. The van der Waals surface area contributed by atoms with Gasteiger partial charge in [0, 0.05) is 25.4 Å². The van der Waals surface area contributed by atoms with E-state index < -0.39 is 23.2 Å². The predicted molar refractivity (Wildman–Crippen MR) is 119 cm³/mol. The largest absolute Gasteiger partial charge is 0.376 e. The summed E-state index contributed by atoms with van der Waals surface area (Å²) in [6, 6.07) is 8.52. The number of nitrogens with zero attached hydrogens (tertiary/aromatic N) is 3. The van der Waals surface area contributed by atoms with E-state index in [0.29, 0.717) is 50.3 Å². The number of hydrogen-bond donors (Lipinski definition) is 1. The maximum Gasteiger partial charge on any atom is 0.325 e. The van der Waals surface area contributed by atoms with Gasteiger partial charge in [-0.1, -0.05) is 6.07 Å². The lowest BCUT2D eigenvalue weighted by Gasteiger charge is -2.40. The van der Waals surface area contributed by atoms with Gasteiger partial charge in [0.25, 0.3) is 5.91 Å². The minimum absolute atomic E-state index is 0.136. The Morgan fingerprint density at radius 2 is 1.85 bits per heavy atom. The summed E-state index contributed by atoms with van der Waals surface area (Å²) in [5, 5.41) is 3.01. The van der Waals surface area contributed by atoms with Gasteiger partial charge in [0.15, 0.2) is 5.54 Å². The predicted octanol–water partition coefficient (Wildman–Crippen LogP) is 3.20. The summed E-state index contributed by atoms with van der Waals surface area (Å²) in [6.07, 6.45) is 4.51. The van der Waals surface area contributed by atoms with Crippen molar-refractivity contribution in [3.8, 4) is 0 Å². The van der Waals surface area contributed by atoms with Crippen molar-refractivity contribution in [3.63, 3.8) is 0 Å². The zero-order valence-electron chi connectivity index (χ0n) is 18.9. The summed E-state index contributed by atoms with van der Waals surface area (Å²) in [5.41, 5.74) is -0.120. The second-order valence-electron chi connectivity index (χ2n) is 9.33. The van der Waals surface area contributed by atoms with Crippen molar-refractivity contribution in [2.45, 2.75) is 43.9 Å². The average molecular weight is 471 g/mol. The first kappa shape index (κ1) is 22.9. The highest BCUT2D eigenvalue weighted by atomic mass is 19.1. The van der Waals surface area contributed by atoms with Crippen LogP contribution in [0.3, 0.4) is 0 Å². The Bertz CT molecular complexity index is 1040. The number of pyridine rings is 1. The van der Waals surface area contributed by atoms with Crippen LogP contribution < -0.4 is 5.32 Å². The van der Waals surface area contributed by atoms with Crippen LogP contribution in [0.25, 0.3) is 0 Å². The van der Waals surface area contributed by atoms with Crippen LogP contribution >= 0.6 is 0 Å². The average Bonchev–Trinajstić information content (AvgIpc) is 3.42. The number of aromatic nitrogens is 1. The van der Waals surface area contributed by atoms with Gasteiger partial charge in [-0.15, -0.1) is 0 Å². The van der Waals surface area contributed by atoms with Crippen molar-refractivity contribution in [2.24, 2.45) is 5.92 Å². The first-order valence-corrected chi connectivity index (χ1v) is 11.8. The molecule has 2 unspecified atom stereocenters. The van der Waals surface area contributed by atoms with Gasteiger partial charge >= 0.3 is 6.03 Å². The van der Waals surface area contributed by atoms with Gasteiger partial charge < -0.3 is 10.1 Å². The molecule has 3 aliphatic heterocycles. The molecule has 1 N–H and O–H groups in total. The van der Waals surface area contributed by atoms with Gasteiger partial charge in [-0.2, -0.15) is 0 Å². The number of nitrogens with one attached hydrogen (secondary N) is 1. The summed E-state index contributed by atoms with van der Waals surface area (Å²) in [5.74, 6) is -1.62. The molecular formula is C25H28F2N4O3. The zero-order valence-corrected chi connectivity index (χ0v) is 18.9. The molecule has 2 aromatic rings. The number of rotatable bonds is 6. The number of ether oxygens (including phenoxy) is 1. The lowest BCUT2D eigenvalue weighted by Crippen LogP contribution is -2.54. The Kier molecular flexibility index (Phi) is 6.31. The molecule has 3 aliphatic rings. The normalized spacial score (nSPS) is 26.3. The molecule has 4 heterocycles. The van der Waals surface area contributed by atoms with E-state index in [-0.39, 0.29) is 24.5 Å². The molecule has 0 spiro atoms. The van der Waals surface area contributed by atoms with Crippen LogP contribution in [0.15, 0.2) is 42.6 Å². The second-order valence-corrected chi connectivity index (χ2v) is 9.33. The van der Waals surface area contributed by atoms with Crippen LogP contribution in [-0.2, 0) is 21.6 Å². The number of imide groups is 1. The molecule has 1 aromatic carbocycles. The van der Waals surface area contributed by atoms with Crippen molar-refractivity contribution in [1.82, 2.24) is 20.1 Å². The highest BCUT2D eigenvalue weighted by Crippen LogP contribution is 2.41. The van der Waals surface area contributed by atoms with E-state index >= 15 is 0 Å². The fourth-order valence-electron chi connectivity index (χ4n) is 5.49. The van der Waals surface area contributed by atoms with Crippen LogP contribution in [0.4, 0.5) is 13.6 Å². The molecule has 1 aromatic heterocycles. The smallest absolute Gasteiger partial charge is 0.325 e. The molecule has 9 heteroatoms. The molecule has 2 atom stereocenters. The Labute approximate surface area is 197 Å². The van der Waals surface area contributed by atoms with E-state index in [2.05, 4.69) is 15.2 Å². The molecule has 0 aliphatic carbocycles. The van der Waals surface area contributed by atoms with Crippen molar-refractivity contribution >= 4 is 11.9 Å². The number of carbonyl (C=O) groups is 2. The van der Waals surface area contributed by atoms with Crippen molar-refractivity contribution < 1.29 is 23.1 Å². The summed E-state index contributed by atoms with van der Waals surface area (Å²) in [6.45, 7) is 2.57. The highest BCUT2D eigenvalue weighted by Gasteiger charge is 2.58. The van der Waals surface area contributed by atoms with E-state index in [1.54, 1.807) is 18.3 Å². The van der Waals surface area contributed by atoms with Crippen LogP contribution in [0.1, 0.15) is 36.9 Å². The Morgan fingerprint density at radius 3 is 2.50 bits per heavy atom. The zero-order chi connectivity index (χ0) is 23.7. The number of piperidine rings is 1. The maximum atomic E-state index is 13.8. The van der Waals surface area contributed by atoms with Crippen molar-refractivity contribution in [3.05, 3.63) is 65.5 Å². The Balaban J connectivity index is 1.35. The monoisotopic (exact) mass is 470 g/mol.